The fourth-order valence-electron chi connectivity index (χ4n) is 0.590. The van der Waals surface area contributed by atoms with E-state index < -0.39 is 11.2 Å². The van der Waals surface area contributed by atoms with Gasteiger partial charge in [-0.2, -0.15) is 0 Å². The molecular weight excluding hydrogens is 146 g/mol. The number of rotatable bonds is 2. The Morgan fingerprint density at radius 2 is 2.60 bits per heavy atom. The first kappa shape index (κ1) is 7.57. The fourth-order valence-corrected chi connectivity index (χ4v) is 1.28. The lowest BCUT2D eigenvalue weighted by molar-refractivity contribution is 0.595. The molecule has 1 unspecified atom stereocenters. The number of aromatic nitrogens is 1. The zero-order chi connectivity index (χ0) is 7.40. The molecule has 0 bridgehead atoms. The molecule has 53 valence electrons. The predicted octanol–water partition coefficient (Wildman–Crippen LogP) is 1.01. The van der Waals surface area contributed by atoms with E-state index in [1.54, 1.807) is 18.5 Å². The molecule has 3 heteroatoms. The highest BCUT2D eigenvalue weighted by Gasteiger charge is 2.05. The summed E-state index contributed by atoms with van der Waals surface area (Å²) in [5, 5.41) is 0. The Hall–Kier alpha value is -0.540. The fraction of sp³-hybridized carbons (Fsp3) is 0.286. The van der Waals surface area contributed by atoms with Crippen molar-refractivity contribution in [3.63, 3.8) is 0 Å². The maximum atomic E-state index is 11.1. The second-order valence-corrected chi connectivity index (χ2v) is 3.44. The molecule has 1 atom stereocenters. The molecule has 0 aliphatic heterocycles. The molecule has 1 radical (unpaired) electrons. The van der Waals surface area contributed by atoms with Crippen LogP contribution in [0.15, 0.2) is 23.4 Å². The van der Waals surface area contributed by atoms with Crippen LogP contribution in [0.25, 0.3) is 0 Å². The molecule has 2 nitrogen and oxygen atoms in total. The molecule has 0 spiro atoms. The lowest BCUT2D eigenvalue weighted by Crippen LogP contribution is -2.03. The van der Waals surface area contributed by atoms with E-state index in [1.165, 1.54) is 0 Å². The number of nitrogens with zero attached hydrogens (tertiary/aromatic N) is 1. The molecule has 1 rings (SSSR count). The van der Waals surface area contributed by atoms with Crippen molar-refractivity contribution in [1.29, 1.82) is 0 Å². The summed E-state index contributed by atoms with van der Waals surface area (Å²) >= 11 is -0.908. The highest BCUT2D eigenvalue weighted by molar-refractivity contribution is 7.91. The smallest absolute Gasteiger partial charge is 0.178 e. The van der Waals surface area contributed by atoms with E-state index in [0.717, 1.165) is 0 Å². The Morgan fingerprint density at radius 1 is 1.80 bits per heavy atom. The van der Waals surface area contributed by atoms with Gasteiger partial charge in [-0.15, -0.1) is 0 Å². The van der Waals surface area contributed by atoms with E-state index in [0.29, 0.717) is 10.6 Å². The topological polar surface area (TPSA) is 36.0 Å². The van der Waals surface area contributed by atoms with Crippen LogP contribution in [0.3, 0.4) is 0 Å². The minimum atomic E-state index is -0.908. The minimum Gasteiger partial charge on any atom is -0.611 e. The Kier molecular flexibility index (Phi) is 2.71. The Morgan fingerprint density at radius 3 is 3.10 bits per heavy atom. The second-order valence-electron chi connectivity index (χ2n) is 1.74. The Labute approximate surface area is 63.5 Å². The monoisotopic (exact) mass is 154 g/mol. The summed E-state index contributed by atoms with van der Waals surface area (Å²) in [5.41, 5.74) is 0. The van der Waals surface area contributed by atoms with Crippen molar-refractivity contribution < 1.29 is 4.55 Å². The quantitative estimate of drug-likeness (QED) is 0.596. The van der Waals surface area contributed by atoms with E-state index in [9.17, 15) is 4.55 Å². The van der Waals surface area contributed by atoms with Crippen LogP contribution in [0, 0.1) is 6.07 Å². The minimum absolute atomic E-state index is 0.627. The van der Waals surface area contributed by atoms with Crippen LogP contribution in [-0.4, -0.2) is 15.3 Å². The zero-order valence-corrected chi connectivity index (χ0v) is 6.52. The largest absolute Gasteiger partial charge is 0.611 e. The second kappa shape index (κ2) is 3.58. The number of pyridine rings is 1. The van der Waals surface area contributed by atoms with Crippen molar-refractivity contribution in [2.45, 2.75) is 11.8 Å². The summed E-state index contributed by atoms with van der Waals surface area (Å²) in [6.07, 6.45) is 3.20. The molecule has 0 amide bonds. The van der Waals surface area contributed by atoms with E-state index in [2.05, 4.69) is 11.1 Å². The maximum absolute atomic E-state index is 11.1. The van der Waals surface area contributed by atoms with E-state index >= 15 is 0 Å². The number of hydrogen-bond acceptors (Lipinski definition) is 2. The summed E-state index contributed by atoms with van der Waals surface area (Å²) in [5.74, 6) is 0.627. The van der Waals surface area contributed by atoms with Crippen molar-refractivity contribution in [2.24, 2.45) is 0 Å². The van der Waals surface area contributed by atoms with Crippen molar-refractivity contribution in [2.75, 3.05) is 5.75 Å². The van der Waals surface area contributed by atoms with E-state index in [4.69, 9.17) is 0 Å². The zero-order valence-electron chi connectivity index (χ0n) is 5.70. The van der Waals surface area contributed by atoms with Crippen molar-refractivity contribution in [3.8, 4) is 0 Å². The van der Waals surface area contributed by atoms with E-state index in [1.807, 2.05) is 6.92 Å². The van der Waals surface area contributed by atoms with Crippen molar-refractivity contribution >= 4 is 11.2 Å². The van der Waals surface area contributed by atoms with E-state index in [-0.39, 0.29) is 0 Å². The van der Waals surface area contributed by atoms with Gasteiger partial charge in [-0.1, -0.05) is 0 Å². The van der Waals surface area contributed by atoms with Crippen LogP contribution in [0.2, 0.25) is 0 Å². The molecule has 0 fully saturated rings. The molecule has 1 heterocycles. The molecule has 0 aliphatic carbocycles. The van der Waals surface area contributed by atoms with Gasteiger partial charge in [0.1, 0.15) is 5.75 Å². The summed E-state index contributed by atoms with van der Waals surface area (Å²) in [6, 6.07) is 4.53. The van der Waals surface area contributed by atoms with Crippen LogP contribution in [-0.2, 0) is 11.2 Å². The third kappa shape index (κ3) is 1.72. The summed E-state index contributed by atoms with van der Waals surface area (Å²) in [7, 11) is 0. The van der Waals surface area contributed by atoms with Crippen molar-refractivity contribution in [3.05, 3.63) is 24.5 Å². The predicted molar refractivity (Wildman–Crippen MR) is 40.0 cm³/mol. The average Bonchev–Trinajstić information content (AvgIpc) is 2.05. The van der Waals surface area contributed by atoms with Crippen LogP contribution in [0.1, 0.15) is 6.92 Å². The van der Waals surface area contributed by atoms with Gasteiger partial charge < -0.3 is 4.55 Å². The Bertz CT molecular complexity index is 190. The normalized spacial score (nSPS) is 13.0. The molecular formula is C7H8NOS. The van der Waals surface area contributed by atoms with Gasteiger partial charge >= 0.3 is 0 Å². The molecule has 1 aromatic rings. The third-order valence-electron chi connectivity index (χ3n) is 1.09. The highest BCUT2D eigenvalue weighted by Crippen LogP contribution is 2.06. The SMILES string of the molecule is CC[S+]([O-])c1[c]ccnc1. The molecule has 0 aliphatic rings. The molecule has 0 saturated carbocycles. The summed E-state index contributed by atoms with van der Waals surface area (Å²) in [6.45, 7) is 1.87. The molecule has 0 saturated heterocycles. The first-order valence-corrected chi connectivity index (χ1v) is 4.36. The molecule has 0 N–H and O–H groups in total. The molecule has 1 aromatic heterocycles. The van der Waals surface area contributed by atoms with Gasteiger partial charge in [0.15, 0.2) is 4.90 Å². The summed E-state index contributed by atoms with van der Waals surface area (Å²) in [4.78, 5) is 4.51. The average molecular weight is 154 g/mol. The highest BCUT2D eigenvalue weighted by atomic mass is 32.2. The maximum Gasteiger partial charge on any atom is 0.178 e. The van der Waals surface area contributed by atoms with Crippen LogP contribution >= 0.6 is 0 Å². The van der Waals surface area contributed by atoms with Gasteiger partial charge in [-0.3, -0.25) is 4.98 Å². The van der Waals surface area contributed by atoms with Gasteiger partial charge in [-0.05, 0) is 24.2 Å². The standard InChI is InChI=1S/C7H8NOS/c1-2-10(9)7-4-3-5-8-6-7/h3,5-6H,2H2,1H3. The van der Waals surface area contributed by atoms with Gasteiger partial charge in [0.25, 0.3) is 0 Å². The van der Waals surface area contributed by atoms with Crippen LogP contribution in [0.5, 0.6) is 0 Å². The third-order valence-corrected chi connectivity index (χ3v) is 2.32. The van der Waals surface area contributed by atoms with Gasteiger partial charge in [0, 0.05) is 12.3 Å². The van der Waals surface area contributed by atoms with Crippen molar-refractivity contribution in [1.82, 2.24) is 4.98 Å². The lowest BCUT2D eigenvalue weighted by atomic mass is 10.5. The van der Waals surface area contributed by atoms with Gasteiger partial charge in [0.2, 0.25) is 0 Å². The van der Waals surface area contributed by atoms with Crippen LogP contribution in [0.4, 0.5) is 0 Å². The first-order chi connectivity index (χ1) is 4.84. The molecule has 10 heavy (non-hydrogen) atoms. The first-order valence-electron chi connectivity index (χ1n) is 3.04. The number of hydrogen-bond donors (Lipinski definition) is 0. The Balaban J connectivity index is 2.75. The lowest BCUT2D eigenvalue weighted by Gasteiger charge is -2.04. The van der Waals surface area contributed by atoms with Crippen LogP contribution < -0.4 is 0 Å². The van der Waals surface area contributed by atoms with Gasteiger partial charge in [0.05, 0.1) is 6.20 Å². The summed E-state index contributed by atoms with van der Waals surface area (Å²) < 4.78 is 11.1. The van der Waals surface area contributed by atoms with Gasteiger partial charge in [-0.25, -0.2) is 0 Å². The molecule has 0 aromatic carbocycles.